The first-order valence-electron chi connectivity index (χ1n) is 10.3. The van der Waals surface area contributed by atoms with Crippen molar-refractivity contribution in [2.75, 3.05) is 19.8 Å². The second-order valence-corrected chi connectivity index (χ2v) is 7.35. The van der Waals surface area contributed by atoms with Crippen LogP contribution in [0, 0.1) is 11.8 Å². The summed E-state index contributed by atoms with van der Waals surface area (Å²) in [5.41, 5.74) is -1.65. The molecular weight excluding hydrogens is 454 g/mol. The SMILES string of the molecule is CC(=O)CCC(=O)OC1C[C@H](n2cc(C#CCNC(=O)COC(C)=O)c(=O)[nH]c2=O)O[C@@H]1CO. The van der Waals surface area contributed by atoms with Gasteiger partial charge < -0.3 is 29.4 Å². The zero-order valence-electron chi connectivity index (χ0n) is 18.6. The molecule has 1 saturated heterocycles. The van der Waals surface area contributed by atoms with Gasteiger partial charge in [-0.15, -0.1) is 0 Å². The van der Waals surface area contributed by atoms with E-state index in [9.17, 15) is 33.9 Å². The quantitative estimate of drug-likeness (QED) is 0.268. The Kier molecular flexibility index (Phi) is 9.72. The Hall–Kier alpha value is -3.76. The first-order valence-corrected chi connectivity index (χ1v) is 10.3. The van der Waals surface area contributed by atoms with Crippen molar-refractivity contribution in [3.63, 3.8) is 0 Å². The van der Waals surface area contributed by atoms with Gasteiger partial charge in [0.25, 0.3) is 11.5 Å². The van der Waals surface area contributed by atoms with Gasteiger partial charge >= 0.3 is 17.6 Å². The molecular formula is C21H25N3O10. The van der Waals surface area contributed by atoms with Crippen LogP contribution in [0.1, 0.15) is 44.9 Å². The Balaban J connectivity index is 2.08. The molecule has 13 heteroatoms. The first kappa shape index (κ1) is 26.5. The summed E-state index contributed by atoms with van der Waals surface area (Å²) >= 11 is 0. The lowest BCUT2D eigenvalue weighted by atomic mass is 10.1. The number of amides is 1. The van der Waals surface area contributed by atoms with E-state index in [1.165, 1.54) is 6.92 Å². The number of H-pyrrole nitrogens is 1. The second kappa shape index (κ2) is 12.5. The number of carbonyl (C=O) groups is 4. The van der Waals surface area contributed by atoms with Crippen molar-refractivity contribution < 1.29 is 38.5 Å². The monoisotopic (exact) mass is 479 g/mol. The lowest BCUT2D eigenvalue weighted by molar-refractivity contribution is -0.153. The molecule has 1 fully saturated rings. The smallest absolute Gasteiger partial charge is 0.330 e. The van der Waals surface area contributed by atoms with Crippen molar-refractivity contribution in [1.82, 2.24) is 14.9 Å². The van der Waals surface area contributed by atoms with Crippen molar-refractivity contribution in [3.8, 4) is 11.8 Å². The third kappa shape index (κ3) is 7.98. The summed E-state index contributed by atoms with van der Waals surface area (Å²) < 4.78 is 16.5. The van der Waals surface area contributed by atoms with E-state index < -0.39 is 60.7 Å². The highest BCUT2D eigenvalue weighted by Crippen LogP contribution is 2.30. The van der Waals surface area contributed by atoms with Crippen LogP contribution >= 0.6 is 0 Å². The molecule has 0 spiro atoms. The van der Waals surface area contributed by atoms with Crippen LogP contribution in [0.3, 0.4) is 0 Å². The van der Waals surface area contributed by atoms with Crippen molar-refractivity contribution in [2.24, 2.45) is 0 Å². The van der Waals surface area contributed by atoms with Crippen LogP contribution in [0.15, 0.2) is 15.8 Å². The molecule has 1 aliphatic heterocycles. The number of Topliss-reactive ketones (excluding diaryl/α,β-unsaturated/α-hetero) is 1. The highest BCUT2D eigenvalue weighted by Gasteiger charge is 2.39. The fraction of sp³-hybridized carbons (Fsp3) is 0.524. The molecule has 0 aliphatic carbocycles. The number of esters is 2. The zero-order valence-corrected chi connectivity index (χ0v) is 18.6. The number of carbonyl (C=O) groups excluding carboxylic acids is 4. The maximum absolute atomic E-state index is 12.3. The summed E-state index contributed by atoms with van der Waals surface area (Å²) in [6, 6.07) is 0. The van der Waals surface area contributed by atoms with Crippen LogP contribution in [0.5, 0.6) is 0 Å². The fourth-order valence-corrected chi connectivity index (χ4v) is 2.95. The van der Waals surface area contributed by atoms with Gasteiger partial charge in [-0.3, -0.25) is 28.7 Å². The van der Waals surface area contributed by atoms with E-state index in [0.29, 0.717) is 0 Å². The number of aliphatic hydroxyl groups is 1. The van der Waals surface area contributed by atoms with E-state index in [-0.39, 0.29) is 37.2 Å². The number of ether oxygens (including phenoxy) is 3. The third-order valence-corrected chi connectivity index (χ3v) is 4.61. The van der Waals surface area contributed by atoms with Crippen molar-refractivity contribution in [2.45, 2.75) is 51.5 Å². The summed E-state index contributed by atoms with van der Waals surface area (Å²) in [6.45, 7) is 1.40. The Morgan fingerprint density at radius 2 is 2.00 bits per heavy atom. The molecule has 1 amide bonds. The molecule has 2 rings (SSSR count). The molecule has 13 nitrogen and oxygen atoms in total. The van der Waals surface area contributed by atoms with Crippen LogP contribution in [0.25, 0.3) is 0 Å². The number of nitrogens with one attached hydrogen (secondary N) is 2. The third-order valence-electron chi connectivity index (χ3n) is 4.61. The number of aromatic nitrogens is 2. The number of nitrogens with zero attached hydrogens (tertiary/aromatic N) is 1. The molecule has 3 N–H and O–H groups in total. The normalized spacial score (nSPS) is 19.0. The Bertz CT molecular complexity index is 1110. The van der Waals surface area contributed by atoms with E-state index in [1.54, 1.807) is 0 Å². The fourth-order valence-electron chi connectivity index (χ4n) is 2.95. The van der Waals surface area contributed by atoms with E-state index in [1.807, 2.05) is 0 Å². The van der Waals surface area contributed by atoms with Crippen LogP contribution in [-0.4, -0.2) is 70.3 Å². The summed E-state index contributed by atoms with van der Waals surface area (Å²) in [5, 5.41) is 11.9. The van der Waals surface area contributed by atoms with Gasteiger partial charge in [0.05, 0.1) is 19.6 Å². The molecule has 3 atom stereocenters. The molecule has 1 aromatic rings. The van der Waals surface area contributed by atoms with Crippen LogP contribution in [-0.2, 0) is 33.4 Å². The number of aromatic amines is 1. The van der Waals surface area contributed by atoms with Gasteiger partial charge in [-0.05, 0) is 6.92 Å². The summed E-state index contributed by atoms with van der Waals surface area (Å²) in [7, 11) is 0. The predicted molar refractivity (Wildman–Crippen MR) is 113 cm³/mol. The lowest BCUT2D eigenvalue weighted by Crippen LogP contribution is -2.33. The number of rotatable bonds is 9. The topological polar surface area (TPSA) is 183 Å². The first-order chi connectivity index (χ1) is 16.1. The summed E-state index contributed by atoms with van der Waals surface area (Å²) in [5.74, 6) is 3.06. The van der Waals surface area contributed by atoms with Crippen LogP contribution < -0.4 is 16.6 Å². The molecule has 2 heterocycles. The highest BCUT2D eigenvalue weighted by molar-refractivity contribution is 5.81. The predicted octanol–water partition coefficient (Wildman–Crippen LogP) is -1.87. The standard InChI is InChI=1S/C21H25N3O10/c1-12(26)5-6-19(29)34-15-8-18(33-16(15)10-25)24-9-14(20(30)23-21(24)31)4-3-7-22-17(28)11-32-13(2)27/h9,15-16,18,25H,5-8,10-11H2,1-2H3,(H,22,28)(H,23,30,31)/t15?,16-,18-/m1/s1. The number of hydrogen-bond donors (Lipinski definition) is 3. The summed E-state index contributed by atoms with van der Waals surface area (Å²) in [6.07, 6.45) is -1.66. The number of hydrogen-bond acceptors (Lipinski definition) is 10. The van der Waals surface area contributed by atoms with Crippen LogP contribution in [0.4, 0.5) is 0 Å². The van der Waals surface area contributed by atoms with Crippen molar-refractivity contribution in [1.29, 1.82) is 0 Å². The maximum atomic E-state index is 12.3. The minimum atomic E-state index is -0.962. The molecule has 0 aromatic carbocycles. The largest absolute Gasteiger partial charge is 0.459 e. The maximum Gasteiger partial charge on any atom is 0.330 e. The van der Waals surface area contributed by atoms with Crippen LogP contribution in [0.2, 0.25) is 0 Å². The average Bonchev–Trinajstić information content (AvgIpc) is 3.17. The van der Waals surface area contributed by atoms with Gasteiger partial charge in [0.15, 0.2) is 6.61 Å². The Morgan fingerprint density at radius 1 is 1.26 bits per heavy atom. The van der Waals surface area contributed by atoms with Gasteiger partial charge in [0, 0.05) is 26.0 Å². The Labute approximate surface area is 193 Å². The Morgan fingerprint density at radius 3 is 2.65 bits per heavy atom. The molecule has 0 radical (unpaired) electrons. The summed E-state index contributed by atoms with van der Waals surface area (Å²) in [4.78, 5) is 71.6. The van der Waals surface area contributed by atoms with E-state index in [4.69, 9.17) is 9.47 Å². The number of ketones is 1. The van der Waals surface area contributed by atoms with Gasteiger partial charge in [-0.2, -0.15) is 0 Å². The van der Waals surface area contributed by atoms with Gasteiger partial charge in [-0.25, -0.2) is 4.79 Å². The van der Waals surface area contributed by atoms with Gasteiger partial charge in [0.1, 0.15) is 29.8 Å². The molecule has 184 valence electrons. The van der Waals surface area contributed by atoms with Crippen molar-refractivity contribution >= 4 is 23.6 Å². The van der Waals surface area contributed by atoms with E-state index in [0.717, 1.165) is 17.7 Å². The molecule has 34 heavy (non-hydrogen) atoms. The number of aliphatic hydroxyl groups excluding tert-OH is 1. The minimum absolute atomic E-state index is 0.0159. The molecule has 1 unspecified atom stereocenters. The molecule has 0 bridgehead atoms. The highest BCUT2D eigenvalue weighted by atomic mass is 16.6. The van der Waals surface area contributed by atoms with E-state index >= 15 is 0 Å². The van der Waals surface area contributed by atoms with Gasteiger partial charge in [0.2, 0.25) is 0 Å². The minimum Gasteiger partial charge on any atom is -0.459 e. The van der Waals surface area contributed by atoms with Crippen molar-refractivity contribution in [3.05, 3.63) is 32.6 Å². The van der Waals surface area contributed by atoms with E-state index in [2.05, 4.69) is 26.9 Å². The lowest BCUT2D eigenvalue weighted by Gasteiger charge is -2.16. The average molecular weight is 479 g/mol. The molecule has 1 aliphatic rings. The molecule has 0 saturated carbocycles. The van der Waals surface area contributed by atoms with Gasteiger partial charge in [-0.1, -0.05) is 11.8 Å². The zero-order chi connectivity index (χ0) is 25.3. The molecule has 1 aromatic heterocycles. The second-order valence-electron chi connectivity index (χ2n) is 7.35.